The van der Waals surface area contributed by atoms with Gasteiger partial charge in [-0.3, -0.25) is 4.98 Å². The first-order chi connectivity index (χ1) is 12.3. The van der Waals surface area contributed by atoms with Gasteiger partial charge in [-0.05, 0) is 36.8 Å². The van der Waals surface area contributed by atoms with Crippen LogP contribution in [0.5, 0.6) is 5.75 Å². The highest BCUT2D eigenvalue weighted by molar-refractivity contribution is 7.91. The molecule has 7 nitrogen and oxygen atoms in total. The van der Waals surface area contributed by atoms with Crippen LogP contribution in [-0.2, 0) is 19.9 Å². The molecular formula is C17H20N2O5S2. The van der Waals surface area contributed by atoms with Crippen molar-refractivity contribution in [2.24, 2.45) is 0 Å². The fourth-order valence-electron chi connectivity index (χ4n) is 2.77. The molecule has 0 bridgehead atoms. The van der Waals surface area contributed by atoms with Crippen LogP contribution in [0.4, 0.5) is 0 Å². The molecule has 1 aliphatic rings. The lowest BCUT2D eigenvalue weighted by molar-refractivity contribution is 0.214. The molecule has 0 amide bonds. The average molecular weight is 396 g/mol. The minimum absolute atomic E-state index is 0.0171. The zero-order chi connectivity index (χ0) is 18.8. The molecule has 1 unspecified atom stereocenters. The Morgan fingerprint density at radius 3 is 2.62 bits per heavy atom. The highest BCUT2D eigenvalue weighted by atomic mass is 32.2. The van der Waals surface area contributed by atoms with Crippen molar-refractivity contribution >= 4 is 19.9 Å². The maximum absolute atomic E-state index is 12.9. The van der Waals surface area contributed by atoms with Gasteiger partial charge in [-0.25, -0.2) is 16.8 Å². The molecule has 0 N–H and O–H groups in total. The van der Waals surface area contributed by atoms with Gasteiger partial charge in [-0.15, -0.1) is 0 Å². The van der Waals surface area contributed by atoms with E-state index < -0.39 is 19.9 Å². The van der Waals surface area contributed by atoms with Gasteiger partial charge in [0.15, 0.2) is 9.84 Å². The van der Waals surface area contributed by atoms with Gasteiger partial charge < -0.3 is 4.74 Å². The van der Waals surface area contributed by atoms with Gasteiger partial charge in [0.2, 0.25) is 10.0 Å². The van der Waals surface area contributed by atoms with Crippen molar-refractivity contribution in [3.8, 4) is 5.75 Å². The van der Waals surface area contributed by atoms with Crippen molar-refractivity contribution in [3.05, 3.63) is 48.8 Å². The first-order valence-corrected chi connectivity index (χ1v) is 11.3. The van der Waals surface area contributed by atoms with Gasteiger partial charge in [0, 0.05) is 12.7 Å². The zero-order valence-electron chi connectivity index (χ0n) is 14.3. The quantitative estimate of drug-likeness (QED) is 0.738. The third kappa shape index (κ3) is 3.89. The summed E-state index contributed by atoms with van der Waals surface area (Å²) in [4.78, 5) is 3.97. The van der Waals surface area contributed by atoms with Gasteiger partial charge in [-0.2, -0.15) is 4.31 Å². The number of sulfonamides is 1. The molecule has 0 aliphatic carbocycles. The normalized spacial score (nSPS) is 18.7. The van der Waals surface area contributed by atoms with E-state index in [4.69, 9.17) is 4.74 Å². The van der Waals surface area contributed by atoms with E-state index in [-0.39, 0.29) is 28.2 Å². The lowest BCUT2D eigenvalue weighted by atomic mass is 10.3. The van der Waals surface area contributed by atoms with E-state index in [0.717, 1.165) is 0 Å². The van der Waals surface area contributed by atoms with Crippen molar-refractivity contribution in [2.45, 2.75) is 29.2 Å². The van der Waals surface area contributed by atoms with Crippen molar-refractivity contribution in [1.82, 2.24) is 9.29 Å². The van der Waals surface area contributed by atoms with Crippen LogP contribution in [0.3, 0.4) is 0 Å². The number of rotatable bonds is 6. The molecule has 140 valence electrons. The van der Waals surface area contributed by atoms with Crippen LogP contribution >= 0.6 is 0 Å². The van der Waals surface area contributed by atoms with Crippen LogP contribution in [0.25, 0.3) is 0 Å². The summed E-state index contributed by atoms with van der Waals surface area (Å²) in [6, 6.07) is 9.02. The van der Waals surface area contributed by atoms with E-state index in [0.29, 0.717) is 18.7 Å². The van der Waals surface area contributed by atoms with Crippen LogP contribution in [-0.4, -0.2) is 51.1 Å². The molecule has 1 atom stereocenters. The molecule has 1 aromatic carbocycles. The van der Waals surface area contributed by atoms with E-state index in [1.54, 1.807) is 24.5 Å². The minimum Gasteiger partial charge on any atom is -0.487 e. The first-order valence-electron chi connectivity index (χ1n) is 8.22. The maximum Gasteiger partial charge on any atom is 0.243 e. The highest BCUT2D eigenvalue weighted by Gasteiger charge is 2.34. The van der Waals surface area contributed by atoms with Gasteiger partial charge in [0.1, 0.15) is 11.9 Å². The minimum atomic E-state index is -3.78. The van der Waals surface area contributed by atoms with E-state index >= 15 is 0 Å². The van der Waals surface area contributed by atoms with Gasteiger partial charge >= 0.3 is 0 Å². The van der Waals surface area contributed by atoms with Crippen molar-refractivity contribution in [3.63, 3.8) is 0 Å². The summed E-state index contributed by atoms with van der Waals surface area (Å²) in [6.45, 7) is 2.05. The second kappa shape index (κ2) is 7.34. The molecule has 2 aromatic rings. The Hall–Kier alpha value is -1.97. The second-order valence-corrected chi connectivity index (χ2v) is 10.2. The number of benzene rings is 1. The smallest absolute Gasteiger partial charge is 0.243 e. The molecule has 9 heteroatoms. The summed E-state index contributed by atoms with van der Waals surface area (Å²) in [7, 11) is -7.25. The highest BCUT2D eigenvalue weighted by Crippen LogP contribution is 2.25. The van der Waals surface area contributed by atoms with Crippen LogP contribution in [0.2, 0.25) is 0 Å². The first kappa shape index (κ1) is 18.8. The second-order valence-electron chi connectivity index (χ2n) is 5.96. The summed E-state index contributed by atoms with van der Waals surface area (Å²) in [5, 5.41) is 0. The van der Waals surface area contributed by atoms with Gasteiger partial charge in [0.25, 0.3) is 0 Å². The molecule has 1 saturated heterocycles. The van der Waals surface area contributed by atoms with Gasteiger partial charge in [-0.1, -0.05) is 13.0 Å². The summed E-state index contributed by atoms with van der Waals surface area (Å²) in [5.74, 6) is 0.508. The van der Waals surface area contributed by atoms with Gasteiger partial charge in [0.05, 0.1) is 28.3 Å². The van der Waals surface area contributed by atoms with Crippen LogP contribution in [0.15, 0.2) is 58.6 Å². The van der Waals surface area contributed by atoms with E-state index in [2.05, 4.69) is 4.98 Å². The van der Waals surface area contributed by atoms with E-state index in [1.165, 1.54) is 35.5 Å². The third-order valence-corrected chi connectivity index (χ3v) is 7.82. The van der Waals surface area contributed by atoms with Crippen molar-refractivity contribution in [1.29, 1.82) is 0 Å². The summed E-state index contributed by atoms with van der Waals surface area (Å²) < 4.78 is 56.9. The summed E-state index contributed by atoms with van der Waals surface area (Å²) >= 11 is 0. The number of hydrogen-bond donors (Lipinski definition) is 0. The van der Waals surface area contributed by atoms with E-state index in [1.807, 2.05) is 0 Å². The molecule has 0 saturated carbocycles. The molecular weight excluding hydrogens is 376 g/mol. The van der Waals surface area contributed by atoms with Crippen molar-refractivity contribution < 1.29 is 21.6 Å². The molecule has 3 rings (SSSR count). The van der Waals surface area contributed by atoms with E-state index in [9.17, 15) is 16.8 Å². The predicted octanol–water partition coefficient (Wildman–Crippen LogP) is 1.72. The molecule has 1 fully saturated rings. The number of hydrogen-bond acceptors (Lipinski definition) is 6. The number of sulfone groups is 1. The number of nitrogens with zero attached hydrogens (tertiary/aromatic N) is 2. The molecule has 0 radical (unpaired) electrons. The van der Waals surface area contributed by atoms with Crippen LogP contribution in [0, 0.1) is 0 Å². The maximum atomic E-state index is 12.9. The van der Waals surface area contributed by atoms with Crippen molar-refractivity contribution in [2.75, 3.05) is 18.8 Å². The molecule has 2 heterocycles. The fraction of sp³-hybridized carbons (Fsp3) is 0.353. The SMILES string of the molecule is CCS(=O)(=O)c1cccc(S(=O)(=O)N2CCC(Oc3cccnc3)C2)c1. The topological polar surface area (TPSA) is 93.6 Å². The zero-order valence-corrected chi connectivity index (χ0v) is 15.9. The van der Waals surface area contributed by atoms with Crippen LogP contribution < -0.4 is 4.74 Å². The Balaban J connectivity index is 1.78. The Morgan fingerprint density at radius 2 is 1.92 bits per heavy atom. The Kier molecular flexibility index (Phi) is 5.31. The monoisotopic (exact) mass is 396 g/mol. The summed E-state index contributed by atoms with van der Waals surface area (Å²) in [6.07, 6.45) is 3.50. The molecule has 1 aliphatic heterocycles. The number of pyridine rings is 1. The molecule has 1 aromatic heterocycles. The number of aromatic nitrogens is 1. The Bertz CT molecular complexity index is 975. The molecule has 26 heavy (non-hydrogen) atoms. The van der Waals surface area contributed by atoms with Crippen LogP contribution in [0.1, 0.15) is 13.3 Å². The largest absolute Gasteiger partial charge is 0.487 e. The average Bonchev–Trinajstić information content (AvgIpc) is 3.12. The number of ether oxygens (including phenoxy) is 1. The Morgan fingerprint density at radius 1 is 1.15 bits per heavy atom. The fourth-order valence-corrected chi connectivity index (χ4v) is 5.30. The Labute approximate surface area is 153 Å². The third-order valence-electron chi connectivity index (χ3n) is 4.23. The predicted molar refractivity (Wildman–Crippen MR) is 96.2 cm³/mol. The lowest BCUT2D eigenvalue weighted by Gasteiger charge is -2.17. The standard InChI is InChI=1S/C17H20N2O5S2/c1-2-25(20,21)16-6-3-7-17(11-16)26(22,23)19-10-8-15(13-19)24-14-5-4-9-18-12-14/h3-7,9,11-12,15H,2,8,10,13H2,1H3. The summed E-state index contributed by atoms with van der Waals surface area (Å²) in [5.41, 5.74) is 0. The lowest BCUT2D eigenvalue weighted by Crippen LogP contribution is -2.31. The molecule has 0 spiro atoms.